The summed E-state index contributed by atoms with van der Waals surface area (Å²) in [4.78, 5) is 3.80. The summed E-state index contributed by atoms with van der Waals surface area (Å²) in [5.74, 6) is -0.475. The number of nitrogens with two attached hydrogens (primary N) is 1. The van der Waals surface area contributed by atoms with Crippen LogP contribution in [0.3, 0.4) is 0 Å². The van der Waals surface area contributed by atoms with E-state index in [0.717, 1.165) is 6.07 Å². The summed E-state index contributed by atoms with van der Waals surface area (Å²) in [6.07, 6.45) is 0.477. The minimum Gasteiger partial charge on any atom is -0.482 e. The number of pyridine rings is 1. The Morgan fingerprint density at radius 2 is 2.05 bits per heavy atom. The van der Waals surface area contributed by atoms with Crippen molar-refractivity contribution in [1.82, 2.24) is 4.98 Å². The van der Waals surface area contributed by atoms with Crippen LogP contribution in [0.5, 0.6) is 5.75 Å². The van der Waals surface area contributed by atoms with E-state index in [0.29, 0.717) is 0 Å². The minimum atomic E-state index is -1.72. The largest absolute Gasteiger partial charge is 0.490 e. The molecule has 1 unspecified atom stereocenters. The molecule has 9 heteroatoms. The van der Waals surface area contributed by atoms with Crippen molar-refractivity contribution in [2.24, 2.45) is 0 Å². The lowest BCUT2D eigenvalue weighted by Crippen LogP contribution is -2.30. The Morgan fingerprint density at radius 3 is 2.68 bits per heavy atom. The molecule has 1 heterocycles. The molecule has 0 fully saturated rings. The van der Waals surface area contributed by atoms with Gasteiger partial charge in [-0.05, 0) is 25.1 Å². The number of hydrogen-bond acceptors (Lipinski definition) is 5. The molecule has 1 aromatic heterocycles. The zero-order valence-electron chi connectivity index (χ0n) is 11.4. The molecular weight excluding hydrogens is 333 g/mol. The number of hydrogen-bond donors (Lipinski definition) is 3. The first kappa shape index (κ1) is 16.8. The van der Waals surface area contributed by atoms with Crippen LogP contribution < -0.4 is 15.9 Å². The molecule has 0 saturated heterocycles. The summed E-state index contributed by atoms with van der Waals surface area (Å²) in [5.41, 5.74) is 6.05. The van der Waals surface area contributed by atoms with Crippen molar-refractivity contribution in [3.8, 4) is 5.75 Å². The number of aromatic nitrogens is 1. The molecular formula is C13H12BCl2FN2O3. The van der Waals surface area contributed by atoms with Crippen LogP contribution in [0.25, 0.3) is 0 Å². The van der Waals surface area contributed by atoms with Gasteiger partial charge in [0, 0.05) is 22.2 Å². The molecule has 0 aliphatic heterocycles. The number of nitrogen functional groups attached to an aromatic ring is 1. The average Bonchev–Trinajstić information content (AvgIpc) is 2.45. The fourth-order valence-corrected chi connectivity index (χ4v) is 2.55. The Morgan fingerprint density at radius 1 is 1.36 bits per heavy atom. The number of halogens is 3. The summed E-state index contributed by atoms with van der Waals surface area (Å²) < 4.78 is 19.2. The van der Waals surface area contributed by atoms with Crippen LogP contribution in [0, 0.1) is 5.82 Å². The van der Waals surface area contributed by atoms with Gasteiger partial charge < -0.3 is 20.5 Å². The Labute approximate surface area is 136 Å². The number of nitrogens with zero attached hydrogens (tertiary/aromatic N) is 1. The maximum Gasteiger partial charge on any atom is 0.490 e. The third-order valence-corrected chi connectivity index (χ3v) is 3.70. The second-order valence-electron chi connectivity index (χ2n) is 4.54. The average molecular weight is 345 g/mol. The Balaban J connectivity index is 2.35. The predicted molar refractivity (Wildman–Crippen MR) is 83.9 cm³/mol. The van der Waals surface area contributed by atoms with Gasteiger partial charge >= 0.3 is 7.12 Å². The lowest BCUT2D eigenvalue weighted by molar-refractivity contribution is 0.227. The second-order valence-corrected chi connectivity index (χ2v) is 5.33. The van der Waals surface area contributed by atoms with E-state index in [1.54, 1.807) is 6.92 Å². The van der Waals surface area contributed by atoms with E-state index in [9.17, 15) is 4.39 Å². The highest BCUT2D eigenvalue weighted by Gasteiger charge is 2.21. The highest BCUT2D eigenvalue weighted by Crippen LogP contribution is 2.35. The first-order valence-corrected chi connectivity index (χ1v) is 6.98. The van der Waals surface area contributed by atoms with Gasteiger partial charge in [-0.2, -0.15) is 0 Å². The number of ether oxygens (including phenoxy) is 1. The minimum absolute atomic E-state index is 0.0416. The van der Waals surface area contributed by atoms with E-state index >= 15 is 0 Å². The maximum absolute atomic E-state index is 13.6. The van der Waals surface area contributed by atoms with Crippen LogP contribution in [0.15, 0.2) is 24.4 Å². The van der Waals surface area contributed by atoms with Gasteiger partial charge in [-0.15, -0.1) is 0 Å². The normalized spacial score (nSPS) is 12.1. The molecule has 1 aromatic carbocycles. The highest BCUT2D eigenvalue weighted by atomic mass is 35.5. The van der Waals surface area contributed by atoms with Crippen LogP contribution in [-0.4, -0.2) is 22.2 Å². The second kappa shape index (κ2) is 6.70. The van der Waals surface area contributed by atoms with Gasteiger partial charge in [-0.3, -0.25) is 0 Å². The molecule has 0 bridgehead atoms. The van der Waals surface area contributed by atoms with E-state index < -0.39 is 19.0 Å². The molecule has 2 rings (SSSR count). The van der Waals surface area contributed by atoms with Gasteiger partial charge in [-0.1, -0.05) is 23.2 Å². The van der Waals surface area contributed by atoms with E-state index in [1.165, 1.54) is 18.3 Å². The van der Waals surface area contributed by atoms with Gasteiger partial charge in [0.15, 0.2) is 11.6 Å². The third kappa shape index (κ3) is 3.44. The molecule has 22 heavy (non-hydrogen) atoms. The van der Waals surface area contributed by atoms with E-state index in [4.69, 9.17) is 43.7 Å². The fraction of sp³-hybridized carbons (Fsp3) is 0.154. The lowest BCUT2D eigenvalue weighted by atomic mass is 9.81. The fourth-order valence-electron chi connectivity index (χ4n) is 1.87. The molecule has 0 spiro atoms. The van der Waals surface area contributed by atoms with E-state index in [1.807, 2.05) is 0 Å². The van der Waals surface area contributed by atoms with E-state index in [-0.39, 0.29) is 32.6 Å². The van der Waals surface area contributed by atoms with E-state index in [2.05, 4.69) is 4.98 Å². The van der Waals surface area contributed by atoms with Crippen molar-refractivity contribution in [2.45, 2.75) is 13.0 Å². The van der Waals surface area contributed by atoms with Crippen molar-refractivity contribution in [1.29, 1.82) is 0 Å². The summed E-state index contributed by atoms with van der Waals surface area (Å²) in [7, 11) is -1.72. The van der Waals surface area contributed by atoms with Crippen molar-refractivity contribution < 1.29 is 19.2 Å². The third-order valence-electron chi connectivity index (χ3n) is 2.99. The van der Waals surface area contributed by atoms with Crippen molar-refractivity contribution in [2.75, 3.05) is 5.73 Å². The Hall–Kier alpha value is -1.54. The molecule has 5 nitrogen and oxygen atoms in total. The zero-order chi connectivity index (χ0) is 16.4. The quantitative estimate of drug-likeness (QED) is 0.582. The van der Waals surface area contributed by atoms with Crippen LogP contribution in [-0.2, 0) is 0 Å². The number of rotatable bonds is 4. The molecule has 0 saturated carbocycles. The molecule has 116 valence electrons. The van der Waals surface area contributed by atoms with Crippen LogP contribution in [0.2, 0.25) is 10.0 Å². The Bertz CT molecular complexity index is 703. The van der Waals surface area contributed by atoms with Gasteiger partial charge in [0.2, 0.25) is 0 Å². The first-order chi connectivity index (χ1) is 10.3. The van der Waals surface area contributed by atoms with Crippen molar-refractivity contribution in [3.63, 3.8) is 0 Å². The molecule has 4 N–H and O–H groups in total. The maximum atomic E-state index is 13.6. The van der Waals surface area contributed by atoms with Gasteiger partial charge in [0.25, 0.3) is 0 Å². The standard InChI is InChI=1S/C13H12BCl2FN2O3/c1-6(11-8(15)2-3-9(17)12(11)16)22-10-4-7(14(20)21)5-19-13(10)18/h2-6,20-21H,1H3,(H2,18,19). The summed E-state index contributed by atoms with van der Waals surface area (Å²) >= 11 is 11.9. The molecule has 1 atom stereocenters. The molecule has 0 aliphatic carbocycles. The van der Waals surface area contributed by atoms with Crippen molar-refractivity contribution >= 4 is 41.6 Å². The lowest BCUT2D eigenvalue weighted by Gasteiger charge is -2.19. The predicted octanol–water partition coefficient (Wildman–Crippen LogP) is 1.93. The summed E-state index contributed by atoms with van der Waals surface area (Å²) in [5, 5.41) is 18.4. The molecule has 0 radical (unpaired) electrons. The number of benzene rings is 1. The topological polar surface area (TPSA) is 88.6 Å². The highest BCUT2D eigenvalue weighted by molar-refractivity contribution is 6.58. The van der Waals surface area contributed by atoms with Crippen LogP contribution in [0.4, 0.5) is 10.2 Å². The van der Waals surface area contributed by atoms with Gasteiger partial charge in [0.1, 0.15) is 11.9 Å². The van der Waals surface area contributed by atoms with Crippen LogP contribution >= 0.6 is 23.2 Å². The SMILES string of the molecule is CC(Oc1cc(B(O)O)cnc1N)c1c(Cl)ccc(F)c1Cl. The molecule has 0 amide bonds. The summed E-state index contributed by atoms with van der Waals surface area (Å²) in [6, 6.07) is 3.84. The monoisotopic (exact) mass is 344 g/mol. The number of anilines is 1. The Kier molecular flexibility index (Phi) is 5.13. The zero-order valence-corrected chi connectivity index (χ0v) is 12.9. The molecule has 0 aliphatic rings. The smallest absolute Gasteiger partial charge is 0.482 e. The van der Waals surface area contributed by atoms with Gasteiger partial charge in [-0.25, -0.2) is 9.37 Å². The van der Waals surface area contributed by atoms with Gasteiger partial charge in [0.05, 0.1) is 5.02 Å². The molecule has 2 aromatic rings. The summed E-state index contributed by atoms with van der Waals surface area (Å²) in [6.45, 7) is 1.61. The first-order valence-electron chi connectivity index (χ1n) is 6.23. The van der Waals surface area contributed by atoms with Crippen molar-refractivity contribution in [3.05, 3.63) is 45.8 Å². The van der Waals surface area contributed by atoms with Crippen LogP contribution in [0.1, 0.15) is 18.6 Å².